The van der Waals surface area contributed by atoms with Crippen LogP contribution in [0, 0.1) is 0 Å². The van der Waals surface area contributed by atoms with E-state index in [1.54, 1.807) is 36.4 Å². The highest BCUT2D eigenvalue weighted by Crippen LogP contribution is 2.20. The van der Waals surface area contributed by atoms with Gasteiger partial charge in [-0.05, 0) is 35.4 Å². The first-order valence-electron chi connectivity index (χ1n) is 7.40. The zero-order chi connectivity index (χ0) is 17.1. The smallest absolute Gasteiger partial charge is 0.336 e. The molecule has 1 amide bonds. The summed E-state index contributed by atoms with van der Waals surface area (Å²) in [5.41, 5.74) is 8.32. The molecule has 24 heavy (non-hydrogen) atoms. The monoisotopic (exact) mass is 320 g/mol. The summed E-state index contributed by atoms with van der Waals surface area (Å²) in [4.78, 5) is 23.9. The highest BCUT2D eigenvalue weighted by Gasteiger charge is 2.10. The molecule has 1 heterocycles. The predicted octanol–water partition coefficient (Wildman–Crippen LogP) is 3.20. The molecule has 0 radical (unpaired) electrons. The normalized spacial score (nSPS) is 10.5. The fourth-order valence-electron chi connectivity index (χ4n) is 2.47. The van der Waals surface area contributed by atoms with Gasteiger partial charge in [0.1, 0.15) is 5.58 Å². The Balaban J connectivity index is 1.84. The van der Waals surface area contributed by atoms with Crippen molar-refractivity contribution in [3.8, 4) is 0 Å². The summed E-state index contributed by atoms with van der Waals surface area (Å²) < 4.78 is 5.13. The lowest BCUT2D eigenvalue weighted by Gasteiger charge is -2.08. The van der Waals surface area contributed by atoms with Gasteiger partial charge in [-0.1, -0.05) is 24.8 Å². The van der Waals surface area contributed by atoms with Crippen LogP contribution in [0.1, 0.15) is 11.1 Å². The molecule has 0 saturated heterocycles. The lowest BCUT2D eigenvalue weighted by molar-refractivity contribution is -0.115. The number of nitrogens with one attached hydrogen (secondary N) is 1. The van der Waals surface area contributed by atoms with E-state index in [0.29, 0.717) is 27.9 Å². The van der Waals surface area contributed by atoms with Crippen molar-refractivity contribution in [2.75, 3.05) is 11.1 Å². The molecule has 0 spiro atoms. The Bertz CT molecular complexity index is 972. The second kappa shape index (κ2) is 6.42. The van der Waals surface area contributed by atoms with E-state index in [0.717, 1.165) is 5.56 Å². The number of anilines is 2. The molecule has 0 aliphatic heterocycles. The van der Waals surface area contributed by atoms with Gasteiger partial charge in [-0.3, -0.25) is 4.79 Å². The van der Waals surface area contributed by atoms with Crippen LogP contribution in [0.5, 0.6) is 0 Å². The summed E-state index contributed by atoms with van der Waals surface area (Å²) in [6.07, 6.45) is 1.79. The van der Waals surface area contributed by atoms with Gasteiger partial charge in [0.05, 0.1) is 6.42 Å². The summed E-state index contributed by atoms with van der Waals surface area (Å²) >= 11 is 0. The van der Waals surface area contributed by atoms with E-state index in [1.807, 2.05) is 12.1 Å². The Kier molecular flexibility index (Phi) is 4.16. The number of hydrogen-bond acceptors (Lipinski definition) is 4. The second-order valence-corrected chi connectivity index (χ2v) is 5.40. The third-order valence-electron chi connectivity index (χ3n) is 3.64. The molecule has 1 aromatic heterocycles. The van der Waals surface area contributed by atoms with Crippen LogP contribution in [0.25, 0.3) is 17.0 Å². The summed E-state index contributed by atoms with van der Waals surface area (Å²) in [6, 6.07) is 13.7. The summed E-state index contributed by atoms with van der Waals surface area (Å²) in [6.45, 7) is 3.69. The van der Waals surface area contributed by atoms with E-state index < -0.39 is 5.63 Å². The van der Waals surface area contributed by atoms with Crippen LogP contribution in [-0.2, 0) is 11.2 Å². The van der Waals surface area contributed by atoms with Crippen molar-refractivity contribution in [2.45, 2.75) is 6.42 Å². The van der Waals surface area contributed by atoms with E-state index >= 15 is 0 Å². The van der Waals surface area contributed by atoms with Gasteiger partial charge in [0.15, 0.2) is 0 Å². The lowest BCUT2D eigenvalue weighted by atomic mass is 10.1. The largest absolute Gasteiger partial charge is 0.423 e. The first-order valence-corrected chi connectivity index (χ1v) is 7.40. The molecular weight excluding hydrogens is 304 g/mol. The molecular formula is C19H16N2O3. The second-order valence-electron chi connectivity index (χ2n) is 5.40. The molecule has 5 nitrogen and oxygen atoms in total. The maximum atomic E-state index is 12.3. The van der Waals surface area contributed by atoms with Crippen molar-refractivity contribution in [1.82, 2.24) is 0 Å². The van der Waals surface area contributed by atoms with Gasteiger partial charge in [0, 0.05) is 28.9 Å². The Morgan fingerprint density at radius 2 is 1.92 bits per heavy atom. The van der Waals surface area contributed by atoms with Gasteiger partial charge in [-0.2, -0.15) is 0 Å². The molecule has 120 valence electrons. The van der Waals surface area contributed by atoms with Gasteiger partial charge in [-0.25, -0.2) is 4.79 Å². The minimum atomic E-state index is -0.508. The van der Waals surface area contributed by atoms with Crippen LogP contribution in [0.15, 0.2) is 64.3 Å². The summed E-state index contributed by atoms with van der Waals surface area (Å²) in [5.74, 6) is -0.218. The van der Waals surface area contributed by atoms with E-state index in [-0.39, 0.29) is 12.3 Å². The van der Waals surface area contributed by atoms with Crippen LogP contribution >= 0.6 is 0 Å². The fraction of sp³-hybridized carbons (Fsp3) is 0.0526. The highest BCUT2D eigenvalue weighted by atomic mass is 16.4. The summed E-state index contributed by atoms with van der Waals surface area (Å²) in [7, 11) is 0. The van der Waals surface area contributed by atoms with Crippen LogP contribution in [-0.4, -0.2) is 5.91 Å². The first kappa shape index (κ1) is 15.6. The van der Waals surface area contributed by atoms with Crippen LogP contribution in [0.2, 0.25) is 0 Å². The van der Waals surface area contributed by atoms with Gasteiger partial charge in [0.25, 0.3) is 0 Å². The van der Waals surface area contributed by atoms with E-state index in [1.165, 1.54) is 6.07 Å². The highest BCUT2D eigenvalue weighted by molar-refractivity contribution is 5.95. The van der Waals surface area contributed by atoms with Crippen molar-refractivity contribution in [1.29, 1.82) is 0 Å². The van der Waals surface area contributed by atoms with Crippen molar-refractivity contribution in [2.24, 2.45) is 0 Å². The van der Waals surface area contributed by atoms with E-state index in [4.69, 9.17) is 10.2 Å². The predicted molar refractivity (Wildman–Crippen MR) is 95.8 cm³/mol. The molecule has 3 N–H and O–H groups in total. The maximum Gasteiger partial charge on any atom is 0.336 e. The average Bonchev–Trinajstić information content (AvgIpc) is 2.54. The van der Waals surface area contributed by atoms with Gasteiger partial charge in [-0.15, -0.1) is 0 Å². The van der Waals surface area contributed by atoms with E-state index in [9.17, 15) is 9.59 Å². The van der Waals surface area contributed by atoms with Crippen molar-refractivity contribution < 1.29 is 9.21 Å². The Labute approximate surface area is 138 Å². The average molecular weight is 320 g/mol. The minimum absolute atomic E-state index is 0.0647. The van der Waals surface area contributed by atoms with Crippen molar-refractivity contribution >= 4 is 34.3 Å². The number of nitrogens with two attached hydrogens (primary N) is 1. The Morgan fingerprint density at radius 1 is 1.17 bits per heavy atom. The third kappa shape index (κ3) is 3.35. The number of amides is 1. The molecule has 2 aromatic carbocycles. The maximum absolute atomic E-state index is 12.3. The molecule has 0 bridgehead atoms. The molecule has 0 atom stereocenters. The molecule has 0 saturated carbocycles. The zero-order valence-corrected chi connectivity index (χ0v) is 12.9. The third-order valence-corrected chi connectivity index (χ3v) is 3.64. The number of rotatable bonds is 4. The fourth-order valence-corrected chi connectivity index (χ4v) is 2.47. The van der Waals surface area contributed by atoms with Crippen LogP contribution in [0.4, 0.5) is 11.4 Å². The molecule has 0 aliphatic rings. The number of fused-ring (bicyclic) bond motifs is 1. The summed E-state index contributed by atoms with van der Waals surface area (Å²) in [5, 5.41) is 3.50. The van der Waals surface area contributed by atoms with Crippen LogP contribution < -0.4 is 16.7 Å². The van der Waals surface area contributed by atoms with Crippen molar-refractivity contribution in [3.05, 3.63) is 76.7 Å². The number of benzene rings is 2. The van der Waals surface area contributed by atoms with Crippen LogP contribution in [0.3, 0.4) is 0 Å². The Morgan fingerprint density at radius 3 is 2.62 bits per heavy atom. The number of carbonyl (C=O) groups excluding carboxylic acids is 1. The zero-order valence-electron chi connectivity index (χ0n) is 12.9. The molecule has 3 rings (SSSR count). The minimum Gasteiger partial charge on any atom is -0.423 e. The van der Waals surface area contributed by atoms with Gasteiger partial charge in [0.2, 0.25) is 5.91 Å². The number of hydrogen-bond donors (Lipinski definition) is 2. The molecule has 0 unspecified atom stereocenters. The molecule has 0 aliphatic carbocycles. The first-order chi connectivity index (χ1) is 11.5. The molecule has 3 aromatic rings. The topological polar surface area (TPSA) is 85.3 Å². The van der Waals surface area contributed by atoms with Crippen molar-refractivity contribution in [3.63, 3.8) is 0 Å². The Hall–Kier alpha value is -3.34. The van der Waals surface area contributed by atoms with Gasteiger partial charge < -0.3 is 15.5 Å². The molecule has 0 fully saturated rings. The lowest BCUT2D eigenvalue weighted by Crippen LogP contribution is -2.15. The molecule has 5 heteroatoms. The SMILES string of the molecule is C=Cc1ccc(NC(=O)Cc2cc(=O)oc3cc(N)ccc23)cc1. The number of carbonyl (C=O) groups is 1. The quantitative estimate of drug-likeness (QED) is 0.571. The number of nitrogen functional groups attached to an aromatic ring is 1. The standard InChI is InChI=1S/C19H16N2O3/c1-2-12-3-6-15(7-4-12)21-18(22)9-13-10-19(23)24-17-11-14(20)5-8-16(13)17/h2-8,10-11H,1,9,20H2,(H,21,22). The van der Waals surface area contributed by atoms with Gasteiger partial charge >= 0.3 is 5.63 Å². The van der Waals surface area contributed by atoms with E-state index in [2.05, 4.69) is 11.9 Å².